The van der Waals surface area contributed by atoms with Crippen molar-refractivity contribution in [3.63, 3.8) is 0 Å². The van der Waals surface area contributed by atoms with Crippen molar-refractivity contribution in [3.8, 4) is 5.75 Å². The summed E-state index contributed by atoms with van der Waals surface area (Å²) in [5.41, 5.74) is 3.53. The third kappa shape index (κ3) is 7.83. The first kappa shape index (κ1) is 30.2. The molecular formula is C31H42N2O6. The second-order valence-electron chi connectivity index (χ2n) is 9.87. The molecule has 8 heteroatoms. The number of carbonyl (C=O) groups excluding carboxylic acids is 2. The Morgan fingerprint density at radius 3 is 2.51 bits per heavy atom. The molecule has 1 aliphatic carbocycles. The number of rotatable bonds is 12. The molecule has 1 amide bonds. The minimum Gasteiger partial charge on any atom is -0.491 e. The minimum atomic E-state index is -0.0890. The average Bonchev–Trinajstić information content (AvgIpc) is 3.31. The Morgan fingerprint density at radius 2 is 1.85 bits per heavy atom. The number of benzene rings is 2. The number of hydrogen-bond donors (Lipinski definition) is 2. The Kier molecular flexibility index (Phi) is 11.8. The molecular weight excluding hydrogens is 496 g/mol. The number of ether oxygens (including phenoxy) is 2. The maximum Gasteiger partial charge on any atom is 0.253 e. The van der Waals surface area contributed by atoms with Gasteiger partial charge in [-0.2, -0.15) is 0 Å². The van der Waals surface area contributed by atoms with E-state index in [9.17, 15) is 9.59 Å². The first-order valence-electron chi connectivity index (χ1n) is 13.7. The maximum atomic E-state index is 12.7. The van der Waals surface area contributed by atoms with E-state index < -0.39 is 0 Å². The van der Waals surface area contributed by atoms with Gasteiger partial charge in [0.15, 0.2) is 0 Å². The number of aliphatic hydroxyl groups is 1. The highest BCUT2D eigenvalue weighted by molar-refractivity contribution is 5.94. The largest absolute Gasteiger partial charge is 0.491 e. The molecule has 3 aromatic rings. The molecule has 212 valence electrons. The predicted molar refractivity (Wildman–Crippen MR) is 153 cm³/mol. The van der Waals surface area contributed by atoms with Crippen LogP contribution in [0.2, 0.25) is 0 Å². The number of furan rings is 1. The highest BCUT2D eigenvalue weighted by Crippen LogP contribution is 2.41. The molecule has 1 aliphatic rings. The highest BCUT2D eigenvalue weighted by Gasteiger charge is 2.30. The molecule has 0 radical (unpaired) electrons. The SMILES string of the molecule is CO.COCCOc1ccc2oc(C(Nc3ccc(C(=O)N(C)CCC=O)cc3)C3CCCCC3)c(C)c2c1. The summed E-state index contributed by atoms with van der Waals surface area (Å²) >= 11 is 0. The average molecular weight is 539 g/mol. The zero-order chi connectivity index (χ0) is 28.2. The van der Waals surface area contributed by atoms with Crippen LogP contribution in [-0.2, 0) is 9.53 Å². The molecule has 0 bridgehead atoms. The van der Waals surface area contributed by atoms with Gasteiger partial charge >= 0.3 is 0 Å². The van der Waals surface area contributed by atoms with E-state index in [0.717, 1.165) is 60.0 Å². The Labute approximate surface area is 231 Å². The first-order chi connectivity index (χ1) is 19.0. The van der Waals surface area contributed by atoms with Crippen molar-refractivity contribution in [1.82, 2.24) is 4.90 Å². The highest BCUT2D eigenvalue weighted by atomic mass is 16.5. The van der Waals surface area contributed by atoms with Crippen molar-refractivity contribution < 1.29 is 28.6 Å². The lowest BCUT2D eigenvalue weighted by Crippen LogP contribution is -2.28. The number of aliphatic hydroxyl groups excluding tert-OH is 1. The van der Waals surface area contributed by atoms with Crippen LogP contribution < -0.4 is 10.1 Å². The van der Waals surface area contributed by atoms with Gasteiger partial charge in [0.1, 0.15) is 30.0 Å². The van der Waals surface area contributed by atoms with Gasteiger partial charge in [0.05, 0.1) is 12.6 Å². The van der Waals surface area contributed by atoms with E-state index in [2.05, 4.69) is 12.2 Å². The fraction of sp³-hybridized carbons (Fsp3) is 0.484. The molecule has 4 rings (SSSR count). The summed E-state index contributed by atoms with van der Waals surface area (Å²) in [5.74, 6) is 2.14. The second kappa shape index (κ2) is 15.3. The minimum absolute atomic E-state index is 0.0300. The Balaban J connectivity index is 0.00000205. The molecule has 1 saturated carbocycles. The van der Waals surface area contributed by atoms with Gasteiger partial charge in [0, 0.05) is 56.4 Å². The van der Waals surface area contributed by atoms with Gasteiger partial charge in [0.2, 0.25) is 0 Å². The summed E-state index contributed by atoms with van der Waals surface area (Å²) in [5, 5.41) is 11.8. The molecule has 8 nitrogen and oxygen atoms in total. The standard InChI is InChI=1S/C30H38N2O5.CH4O/c1-21-26-20-25(36-19-18-35-3)14-15-27(26)37-29(21)28(22-8-5-4-6-9-22)31-24-12-10-23(11-13-24)30(34)32(2)16-7-17-33;1-2/h10-15,17,20,22,28,31H,4-9,16,18-19H2,1-3H3;2H,1H3. The number of methoxy groups -OCH3 is 1. The van der Waals surface area contributed by atoms with Gasteiger partial charge in [-0.05, 0) is 68.1 Å². The fourth-order valence-electron chi connectivity index (χ4n) is 5.17. The van der Waals surface area contributed by atoms with Crippen LogP contribution in [0.3, 0.4) is 0 Å². The Hall–Kier alpha value is -3.36. The van der Waals surface area contributed by atoms with Crippen LogP contribution in [0, 0.1) is 12.8 Å². The monoisotopic (exact) mass is 538 g/mol. The van der Waals surface area contributed by atoms with Crippen LogP contribution in [0.1, 0.15) is 66.2 Å². The molecule has 1 atom stereocenters. The molecule has 1 heterocycles. The molecule has 0 spiro atoms. The van der Waals surface area contributed by atoms with Gasteiger partial charge in [0.25, 0.3) is 5.91 Å². The number of hydrogen-bond acceptors (Lipinski definition) is 7. The molecule has 1 unspecified atom stereocenters. The molecule has 2 aromatic carbocycles. The summed E-state index contributed by atoms with van der Waals surface area (Å²) in [4.78, 5) is 24.9. The summed E-state index contributed by atoms with van der Waals surface area (Å²) < 4.78 is 17.4. The van der Waals surface area contributed by atoms with Crippen molar-refractivity contribution in [2.75, 3.05) is 46.3 Å². The van der Waals surface area contributed by atoms with Crippen LogP contribution in [0.5, 0.6) is 5.75 Å². The molecule has 0 aliphatic heterocycles. The smallest absolute Gasteiger partial charge is 0.253 e. The maximum absolute atomic E-state index is 12.7. The molecule has 2 N–H and O–H groups in total. The summed E-state index contributed by atoms with van der Waals surface area (Å²) in [6, 6.07) is 13.6. The first-order valence-corrected chi connectivity index (χ1v) is 13.7. The van der Waals surface area contributed by atoms with Crippen LogP contribution in [-0.4, -0.2) is 63.2 Å². The topological polar surface area (TPSA) is 101 Å². The lowest BCUT2D eigenvalue weighted by Gasteiger charge is -2.31. The van der Waals surface area contributed by atoms with Crippen molar-refractivity contribution in [2.45, 2.75) is 51.5 Å². The molecule has 0 saturated heterocycles. The summed E-state index contributed by atoms with van der Waals surface area (Å²) in [6.07, 6.45) is 7.19. The van der Waals surface area contributed by atoms with Crippen molar-refractivity contribution in [2.24, 2.45) is 5.92 Å². The van der Waals surface area contributed by atoms with Crippen molar-refractivity contribution >= 4 is 28.8 Å². The number of anilines is 1. The van der Waals surface area contributed by atoms with E-state index in [4.69, 9.17) is 19.0 Å². The van der Waals surface area contributed by atoms with E-state index >= 15 is 0 Å². The zero-order valence-corrected chi connectivity index (χ0v) is 23.6. The van der Waals surface area contributed by atoms with Crippen LogP contribution >= 0.6 is 0 Å². The molecule has 39 heavy (non-hydrogen) atoms. The third-order valence-electron chi connectivity index (χ3n) is 7.29. The lowest BCUT2D eigenvalue weighted by atomic mass is 9.82. The van der Waals surface area contributed by atoms with Crippen LogP contribution in [0.25, 0.3) is 11.0 Å². The third-order valence-corrected chi connectivity index (χ3v) is 7.29. The number of amides is 1. The summed E-state index contributed by atoms with van der Waals surface area (Å²) in [6.45, 7) is 3.58. The number of nitrogens with one attached hydrogen (secondary N) is 1. The zero-order valence-electron chi connectivity index (χ0n) is 23.6. The van der Waals surface area contributed by atoms with Gasteiger partial charge in [-0.25, -0.2) is 0 Å². The van der Waals surface area contributed by atoms with Gasteiger partial charge in [-0.15, -0.1) is 0 Å². The normalized spacial score (nSPS) is 14.3. The van der Waals surface area contributed by atoms with E-state index in [1.807, 2.05) is 42.5 Å². The van der Waals surface area contributed by atoms with Crippen LogP contribution in [0.15, 0.2) is 46.9 Å². The Bertz CT molecular complexity index is 1180. The number of fused-ring (bicyclic) bond motifs is 1. The van der Waals surface area contributed by atoms with E-state index in [1.165, 1.54) is 19.3 Å². The number of aryl methyl sites for hydroxylation is 1. The van der Waals surface area contributed by atoms with E-state index in [1.54, 1.807) is 19.1 Å². The van der Waals surface area contributed by atoms with Gasteiger partial charge in [-0.3, -0.25) is 4.79 Å². The number of aldehydes is 1. The van der Waals surface area contributed by atoms with E-state index in [-0.39, 0.29) is 11.9 Å². The van der Waals surface area contributed by atoms with Gasteiger partial charge < -0.3 is 34.0 Å². The van der Waals surface area contributed by atoms with Crippen molar-refractivity contribution in [3.05, 3.63) is 59.4 Å². The van der Waals surface area contributed by atoms with Gasteiger partial charge in [-0.1, -0.05) is 19.3 Å². The number of nitrogens with zero attached hydrogens (tertiary/aromatic N) is 1. The quantitative estimate of drug-likeness (QED) is 0.223. The number of carbonyl (C=O) groups is 2. The summed E-state index contributed by atoms with van der Waals surface area (Å²) in [7, 11) is 4.38. The predicted octanol–water partition coefficient (Wildman–Crippen LogP) is 5.77. The van der Waals surface area contributed by atoms with Crippen molar-refractivity contribution in [1.29, 1.82) is 0 Å². The Morgan fingerprint density at radius 1 is 1.13 bits per heavy atom. The fourth-order valence-corrected chi connectivity index (χ4v) is 5.17. The van der Waals surface area contributed by atoms with Crippen LogP contribution in [0.4, 0.5) is 5.69 Å². The lowest BCUT2D eigenvalue weighted by molar-refractivity contribution is -0.108. The van der Waals surface area contributed by atoms with E-state index in [0.29, 0.717) is 37.7 Å². The molecule has 1 aromatic heterocycles. The molecule has 1 fully saturated rings. The second-order valence-corrected chi connectivity index (χ2v) is 9.87.